The lowest BCUT2D eigenvalue weighted by molar-refractivity contribution is -0.137. The summed E-state index contributed by atoms with van der Waals surface area (Å²) in [6, 6.07) is 4.95. The average Bonchev–Trinajstić information content (AvgIpc) is 2.83. The van der Waals surface area contributed by atoms with Gasteiger partial charge in [0.1, 0.15) is 5.69 Å². The molecule has 0 aliphatic rings. The van der Waals surface area contributed by atoms with Crippen molar-refractivity contribution in [3.8, 4) is 11.8 Å². The Kier molecular flexibility index (Phi) is 4.26. The van der Waals surface area contributed by atoms with E-state index < -0.39 is 11.7 Å². The van der Waals surface area contributed by atoms with E-state index in [-0.39, 0.29) is 15.7 Å². The van der Waals surface area contributed by atoms with E-state index in [1.165, 1.54) is 23.0 Å². The molecule has 3 nitrogen and oxygen atoms in total. The van der Waals surface area contributed by atoms with E-state index in [2.05, 4.69) is 5.10 Å². The Bertz CT molecular complexity index is 719. The maximum Gasteiger partial charge on any atom is 0.416 e. The molecule has 0 saturated heterocycles. The molecule has 8 heteroatoms. The Morgan fingerprint density at radius 2 is 1.86 bits per heavy atom. The third-order valence-electron chi connectivity index (χ3n) is 2.51. The van der Waals surface area contributed by atoms with Crippen molar-refractivity contribution in [2.24, 2.45) is 0 Å². The maximum absolute atomic E-state index is 12.6. The fourth-order valence-electron chi connectivity index (χ4n) is 1.62. The second-order valence-corrected chi connectivity index (χ2v) is 4.75. The number of hydrogen-bond acceptors (Lipinski definition) is 2. The largest absolute Gasteiger partial charge is 0.416 e. The molecule has 2 aromatic rings. The highest BCUT2D eigenvalue weighted by atomic mass is 35.5. The maximum atomic E-state index is 12.6. The van der Waals surface area contributed by atoms with Crippen LogP contribution < -0.4 is 0 Å². The van der Waals surface area contributed by atoms with Crippen LogP contribution in [0.5, 0.6) is 0 Å². The van der Waals surface area contributed by atoms with E-state index in [1.54, 1.807) is 12.1 Å². The summed E-state index contributed by atoms with van der Waals surface area (Å²) in [6.07, 6.45) is -0.376. The number of rotatable bonds is 2. The van der Waals surface area contributed by atoms with Crippen LogP contribution in [0.2, 0.25) is 10.0 Å². The molecule has 0 N–H and O–H groups in total. The van der Waals surface area contributed by atoms with Crippen LogP contribution in [0.25, 0.3) is 11.8 Å². The summed E-state index contributed by atoms with van der Waals surface area (Å²) in [5, 5.41) is 12.1. The van der Waals surface area contributed by atoms with Crippen molar-refractivity contribution >= 4 is 29.3 Å². The molecule has 0 spiro atoms. The van der Waals surface area contributed by atoms with E-state index in [0.717, 1.165) is 12.1 Å². The van der Waals surface area contributed by atoms with Crippen molar-refractivity contribution in [1.82, 2.24) is 9.78 Å². The van der Waals surface area contributed by atoms with Gasteiger partial charge in [0.15, 0.2) is 0 Å². The summed E-state index contributed by atoms with van der Waals surface area (Å²) in [7, 11) is 0. The van der Waals surface area contributed by atoms with Gasteiger partial charge in [-0.1, -0.05) is 23.2 Å². The van der Waals surface area contributed by atoms with Crippen molar-refractivity contribution in [1.29, 1.82) is 5.26 Å². The highest BCUT2D eigenvalue weighted by molar-refractivity contribution is 6.37. The molecule has 0 amide bonds. The number of hydrogen-bond donors (Lipinski definition) is 0. The van der Waals surface area contributed by atoms with Gasteiger partial charge in [0.2, 0.25) is 0 Å². The molecule has 2 rings (SSSR count). The minimum absolute atomic E-state index is 0.142. The minimum Gasteiger partial charge on any atom is -0.237 e. The number of allylic oxidation sites excluding steroid dienone is 1. The molecular formula is C13H6Cl2F3N3. The summed E-state index contributed by atoms with van der Waals surface area (Å²) < 4.78 is 39.2. The Labute approximate surface area is 127 Å². The van der Waals surface area contributed by atoms with E-state index in [9.17, 15) is 13.2 Å². The normalized spacial score (nSPS) is 11.8. The van der Waals surface area contributed by atoms with E-state index in [4.69, 9.17) is 28.5 Å². The SMILES string of the molecule is N#C/C=C/c1ccn(-c2c(Cl)cc(C(F)(F)F)cc2Cl)n1. The average molecular weight is 332 g/mol. The van der Waals surface area contributed by atoms with Gasteiger partial charge in [0.25, 0.3) is 0 Å². The molecule has 1 aromatic carbocycles. The Morgan fingerprint density at radius 1 is 1.24 bits per heavy atom. The molecule has 21 heavy (non-hydrogen) atoms. The Balaban J connectivity index is 2.48. The van der Waals surface area contributed by atoms with Gasteiger partial charge in [-0.05, 0) is 24.3 Å². The second kappa shape index (κ2) is 5.80. The summed E-state index contributed by atoms with van der Waals surface area (Å²) in [6.45, 7) is 0. The van der Waals surface area contributed by atoms with Crippen molar-refractivity contribution in [3.05, 3.63) is 51.8 Å². The highest BCUT2D eigenvalue weighted by Crippen LogP contribution is 2.37. The predicted octanol–water partition coefficient (Wildman–Crippen LogP) is 4.73. The molecule has 108 valence electrons. The molecule has 0 unspecified atom stereocenters. The van der Waals surface area contributed by atoms with Crippen LogP contribution in [0.1, 0.15) is 11.3 Å². The Morgan fingerprint density at radius 3 is 2.38 bits per heavy atom. The smallest absolute Gasteiger partial charge is 0.237 e. The topological polar surface area (TPSA) is 41.6 Å². The van der Waals surface area contributed by atoms with Crippen molar-refractivity contribution < 1.29 is 13.2 Å². The number of halogens is 5. The zero-order chi connectivity index (χ0) is 15.6. The lowest BCUT2D eigenvalue weighted by Crippen LogP contribution is -2.07. The molecule has 0 fully saturated rings. The first-order valence-electron chi connectivity index (χ1n) is 5.51. The van der Waals surface area contributed by atoms with Crippen LogP contribution in [0.15, 0.2) is 30.5 Å². The first-order chi connectivity index (χ1) is 9.82. The first-order valence-corrected chi connectivity index (χ1v) is 6.27. The number of benzene rings is 1. The van der Waals surface area contributed by atoms with Gasteiger partial charge in [-0.15, -0.1) is 0 Å². The molecule has 0 aliphatic heterocycles. The summed E-state index contributed by atoms with van der Waals surface area (Å²) in [5.41, 5.74) is -0.343. The zero-order valence-corrected chi connectivity index (χ0v) is 11.7. The van der Waals surface area contributed by atoms with E-state index >= 15 is 0 Å². The van der Waals surface area contributed by atoms with E-state index in [1.807, 2.05) is 0 Å². The van der Waals surface area contributed by atoms with Crippen molar-refractivity contribution in [2.75, 3.05) is 0 Å². The van der Waals surface area contributed by atoms with Gasteiger partial charge in [-0.3, -0.25) is 0 Å². The lowest BCUT2D eigenvalue weighted by Gasteiger charge is -2.12. The monoisotopic (exact) mass is 331 g/mol. The number of aromatic nitrogens is 2. The minimum atomic E-state index is -4.53. The molecular weight excluding hydrogens is 326 g/mol. The van der Waals surface area contributed by atoms with Crippen molar-refractivity contribution in [3.63, 3.8) is 0 Å². The predicted molar refractivity (Wildman–Crippen MR) is 73.2 cm³/mol. The standard InChI is InChI=1S/C13H6Cl2F3N3/c14-10-6-8(13(16,17)18)7-11(15)12(10)21-5-3-9(20-21)2-1-4-19/h1-3,5-7H/b2-1+. The highest BCUT2D eigenvalue weighted by Gasteiger charge is 2.32. The third kappa shape index (κ3) is 3.38. The van der Waals surface area contributed by atoms with Crippen LogP contribution >= 0.6 is 23.2 Å². The van der Waals surface area contributed by atoms with Crippen LogP contribution in [-0.4, -0.2) is 9.78 Å². The number of alkyl halides is 3. The van der Waals surface area contributed by atoms with Crippen LogP contribution in [0, 0.1) is 11.3 Å². The number of nitrogens with zero attached hydrogens (tertiary/aromatic N) is 3. The first kappa shape index (κ1) is 15.4. The van der Waals surface area contributed by atoms with Gasteiger partial charge in [-0.2, -0.15) is 23.5 Å². The molecule has 0 saturated carbocycles. The molecule has 1 aromatic heterocycles. The van der Waals surface area contributed by atoms with Crippen LogP contribution in [0.3, 0.4) is 0 Å². The lowest BCUT2D eigenvalue weighted by atomic mass is 10.2. The van der Waals surface area contributed by atoms with Gasteiger partial charge in [0.05, 0.1) is 27.4 Å². The van der Waals surface area contributed by atoms with Gasteiger partial charge >= 0.3 is 6.18 Å². The summed E-state index contributed by atoms with van der Waals surface area (Å²) in [4.78, 5) is 0. The van der Waals surface area contributed by atoms with Crippen LogP contribution in [-0.2, 0) is 6.18 Å². The number of nitriles is 1. The summed E-state index contributed by atoms with van der Waals surface area (Å²) in [5.74, 6) is 0. The van der Waals surface area contributed by atoms with Gasteiger partial charge in [-0.25, -0.2) is 4.68 Å². The summed E-state index contributed by atoms with van der Waals surface area (Å²) >= 11 is 11.7. The molecule has 0 radical (unpaired) electrons. The quantitative estimate of drug-likeness (QED) is 0.746. The Hall–Kier alpha value is -1.97. The molecule has 1 heterocycles. The molecule has 0 aliphatic carbocycles. The van der Waals surface area contributed by atoms with E-state index in [0.29, 0.717) is 5.69 Å². The van der Waals surface area contributed by atoms with Gasteiger partial charge in [0, 0.05) is 12.3 Å². The van der Waals surface area contributed by atoms with Crippen molar-refractivity contribution in [2.45, 2.75) is 6.18 Å². The van der Waals surface area contributed by atoms with Crippen LogP contribution in [0.4, 0.5) is 13.2 Å². The molecule has 0 bridgehead atoms. The second-order valence-electron chi connectivity index (χ2n) is 3.93. The fourth-order valence-corrected chi connectivity index (χ4v) is 2.28. The molecule has 0 atom stereocenters. The third-order valence-corrected chi connectivity index (χ3v) is 3.09. The van der Waals surface area contributed by atoms with Gasteiger partial charge < -0.3 is 0 Å². The fraction of sp³-hybridized carbons (Fsp3) is 0.0769. The zero-order valence-electron chi connectivity index (χ0n) is 10.2.